The van der Waals surface area contributed by atoms with Crippen molar-refractivity contribution in [3.8, 4) is 0 Å². The van der Waals surface area contributed by atoms with Crippen LogP contribution in [0.25, 0.3) is 0 Å². The molecule has 0 saturated carbocycles. The predicted octanol–water partition coefficient (Wildman–Crippen LogP) is 5.45. The zero-order valence-corrected chi connectivity index (χ0v) is 15.2. The van der Waals surface area contributed by atoms with Crippen molar-refractivity contribution in [2.75, 3.05) is 0 Å². The van der Waals surface area contributed by atoms with Gasteiger partial charge in [0.25, 0.3) is 0 Å². The highest BCUT2D eigenvalue weighted by atomic mass is 16.1. The number of fused-ring (bicyclic) bond motifs is 1. The van der Waals surface area contributed by atoms with Gasteiger partial charge < -0.3 is 0 Å². The van der Waals surface area contributed by atoms with Crippen molar-refractivity contribution in [2.45, 2.75) is 52.9 Å². The second-order valence-electron chi connectivity index (χ2n) is 6.23. The number of Topliss-reactive ketones (excluding diaryl/α,β-unsaturated/α-hetero) is 1. The summed E-state index contributed by atoms with van der Waals surface area (Å²) < 4.78 is 0. The van der Waals surface area contributed by atoms with E-state index < -0.39 is 0 Å². The number of allylic oxidation sites excluding steroid dienone is 1. The third-order valence-electron chi connectivity index (χ3n) is 4.60. The Bertz CT molecular complexity index is 745. The second kappa shape index (κ2) is 8.05. The molecule has 2 aromatic rings. The Morgan fingerprint density at radius 3 is 2.62 bits per heavy atom. The fourth-order valence-electron chi connectivity index (χ4n) is 3.12. The molecular formula is C22H27NO. The van der Waals surface area contributed by atoms with Crippen LogP contribution < -0.4 is 0 Å². The van der Waals surface area contributed by atoms with Crippen molar-refractivity contribution in [1.82, 2.24) is 4.98 Å². The average Bonchev–Trinajstić information content (AvgIpc) is 2.62. The minimum atomic E-state index is -0.128. The molecule has 1 unspecified atom stereocenters. The van der Waals surface area contributed by atoms with Gasteiger partial charge in [-0.3, -0.25) is 9.78 Å². The summed E-state index contributed by atoms with van der Waals surface area (Å²) >= 11 is 0. The van der Waals surface area contributed by atoms with Crippen molar-refractivity contribution in [1.29, 1.82) is 0 Å². The molecule has 2 heteroatoms. The summed E-state index contributed by atoms with van der Waals surface area (Å²) in [6, 6.07) is 8.28. The Morgan fingerprint density at radius 1 is 1.17 bits per heavy atom. The highest BCUT2D eigenvalue weighted by Gasteiger charge is 2.20. The Hall–Kier alpha value is -2.22. The number of hydrogen-bond donors (Lipinski definition) is 0. The van der Waals surface area contributed by atoms with Crippen LogP contribution in [0.4, 0.5) is 0 Å². The minimum Gasteiger partial charge on any atom is -0.293 e. The number of carbonyl (C=O) groups excluding carboxylic acids is 1. The van der Waals surface area contributed by atoms with Gasteiger partial charge in [-0.1, -0.05) is 51.1 Å². The van der Waals surface area contributed by atoms with Gasteiger partial charge in [-0.05, 0) is 54.5 Å². The molecule has 0 aliphatic heterocycles. The third-order valence-corrected chi connectivity index (χ3v) is 4.60. The van der Waals surface area contributed by atoms with E-state index in [1.54, 1.807) is 12.4 Å². The normalized spacial score (nSPS) is 14.2. The van der Waals surface area contributed by atoms with E-state index in [9.17, 15) is 4.79 Å². The van der Waals surface area contributed by atoms with Crippen molar-refractivity contribution in [2.24, 2.45) is 0 Å². The molecule has 3 rings (SSSR count). The first-order chi connectivity index (χ1) is 11.6. The largest absolute Gasteiger partial charge is 0.293 e. The van der Waals surface area contributed by atoms with Gasteiger partial charge in [0.05, 0.1) is 0 Å². The molecule has 0 amide bonds. The molecule has 1 aliphatic rings. The zero-order chi connectivity index (χ0) is 17.7. The van der Waals surface area contributed by atoms with Crippen LogP contribution in [0.1, 0.15) is 65.7 Å². The first kappa shape index (κ1) is 18.1. The number of aryl methyl sites for hydroxylation is 2. The molecule has 1 aromatic carbocycles. The summed E-state index contributed by atoms with van der Waals surface area (Å²) in [6.07, 6.45) is 6.50. The molecular weight excluding hydrogens is 294 g/mol. The number of rotatable bonds is 3. The topological polar surface area (TPSA) is 30.0 Å². The number of hydrogen-bond acceptors (Lipinski definition) is 2. The number of pyridine rings is 1. The van der Waals surface area contributed by atoms with Crippen LogP contribution in [0.5, 0.6) is 0 Å². The van der Waals surface area contributed by atoms with Crippen LogP contribution in [-0.2, 0) is 12.8 Å². The third kappa shape index (κ3) is 3.81. The highest BCUT2D eigenvalue weighted by molar-refractivity contribution is 6.01. The molecule has 2 nitrogen and oxygen atoms in total. The summed E-state index contributed by atoms with van der Waals surface area (Å²) in [5.41, 5.74) is 6.85. The average molecular weight is 321 g/mol. The van der Waals surface area contributed by atoms with Gasteiger partial charge in [0.1, 0.15) is 0 Å². The maximum atomic E-state index is 12.7. The Morgan fingerprint density at radius 2 is 1.92 bits per heavy atom. The van der Waals surface area contributed by atoms with Gasteiger partial charge in [0, 0.05) is 23.9 Å². The Balaban J connectivity index is 0.00000100. The predicted molar refractivity (Wildman–Crippen MR) is 101 cm³/mol. The molecule has 0 fully saturated rings. The Kier molecular flexibility index (Phi) is 6.08. The van der Waals surface area contributed by atoms with Crippen LogP contribution >= 0.6 is 0 Å². The van der Waals surface area contributed by atoms with E-state index in [1.165, 1.54) is 16.7 Å². The van der Waals surface area contributed by atoms with Gasteiger partial charge in [-0.15, -0.1) is 0 Å². The van der Waals surface area contributed by atoms with E-state index in [-0.39, 0.29) is 11.7 Å². The molecule has 1 atom stereocenters. The van der Waals surface area contributed by atoms with Crippen molar-refractivity contribution in [3.05, 3.63) is 76.6 Å². The lowest BCUT2D eigenvalue weighted by atomic mass is 9.84. The van der Waals surface area contributed by atoms with E-state index in [2.05, 4.69) is 29.8 Å². The molecule has 126 valence electrons. The van der Waals surface area contributed by atoms with Crippen LogP contribution in [-0.4, -0.2) is 10.8 Å². The monoisotopic (exact) mass is 321 g/mol. The van der Waals surface area contributed by atoms with E-state index >= 15 is 0 Å². The lowest BCUT2D eigenvalue weighted by molar-refractivity contribution is 0.0965. The molecule has 1 heterocycles. The van der Waals surface area contributed by atoms with Gasteiger partial charge in [-0.2, -0.15) is 0 Å². The van der Waals surface area contributed by atoms with E-state index in [0.29, 0.717) is 0 Å². The lowest BCUT2D eigenvalue weighted by Crippen LogP contribution is -2.13. The Labute approximate surface area is 145 Å². The number of ketones is 1. The van der Waals surface area contributed by atoms with E-state index in [0.717, 1.165) is 36.0 Å². The molecule has 0 spiro atoms. The van der Waals surface area contributed by atoms with Gasteiger partial charge >= 0.3 is 0 Å². The van der Waals surface area contributed by atoms with Crippen molar-refractivity contribution >= 4 is 5.78 Å². The second-order valence-corrected chi connectivity index (χ2v) is 6.23. The zero-order valence-electron chi connectivity index (χ0n) is 15.2. The standard InChI is InChI=1S/C20H21NO.C2H6/c1-13-4-5-18-11-16(6-7-17(18)10-13)15(3)20(22)19-8-9-21-12-14(19)2;1-2/h6-9,11-12,15H,1,4-5,10H2,2-3H3;1-2H3. The first-order valence-electron chi connectivity index (χ1n) is 8.79. The van der Waals surface area contributed by atoms with Crippen LogP contribution in [0.2, 0.25) is 0 Å². The fraction of sp³-hybridized carbons (Fsp3) is 0.364. The molecule has 0 saturated heterocycles. The molecule has 1 aliphatic carbocycles. The maximum absolute atomic E-state index is 12.7. The number of benzene rings is 1. The van der Waals surface area contributed by atoms with Crippen molar-refractivity contribution in [3.63, 3.8) is 0 Å². The molecule has 0 bridgehead atoms. The summed E-state index contributed by atoms with van der Waals surface area (Å²) in [4.78, 5) is 16.8. The minimum absolute atomic E-state index is 0.128. The molecule has 0 N–H and O–H groups in total. The van der Waals surface area contributed by atoms with Gasteiger partial charge in [0.2, 0.25) is 0 Å². The fourth-order valence-corrected chi connectivity index (χ4v) is 3.12. The van der Waals surface area contributed by atoms with Gasteiger partial charge in [0.15, 0.2) is 5.78 Å². The number of carbonyl (C=O) groups is 1. The van der Waals surface area contributed by atoms with Crippen LogP contribution in [0, 0.1) is 6.92 Å². The molecule has 1 aromatic heterocycles. The maximum Gasteiger partial charge on any atom is 0.170 e. The summed E-state index contributed by atoms with van der Waals surface area (Å²) in [5.74, 6) is 0.0385. The number of aromatic nitrogens is 1. The number of nitrogens with zero attached hydrogens (tertiary/aromatic N) is 1. The van der Waals surface area contributed by atoms with E-state index in [4.69, 9.17) is 0 Å². The SMILES string of the molecule is C=C1CCc2cc(C(C)C(=O)c3ccncc3C)ccc2C1.CC. The summed E-state index contributed by atoms with van der Waals surface area (Å²) in [6.45, 7) is 12.0. The van der Waals surface area contributed by atoms with E-state index in [1.807, 2.05) is 33.8 Å². The van der Waals surface area contributed by atoms with Crippen LogP contribution in [0.15, 0.2) is 48.8 Å². The lowest BCUT2D eigenvalue weighted by Gasteiger charge is -2.20. The van der Waals surface area contributed by atoms with Gasteiger partial charge in [-0.25, -0.2) is 0 Å². The quantitative estimate of drug-likeness (QED) is 0.556. The smallest absolute Gasteiger partial charge is 0.170 e. The first-order valence-corrected chi connectivity index (χ1v) is 8.79. The van der Waals surface area contributed by atoms with Crippen molar-refractivity contribution < 1.29 is 4.79 Å². The summed E-state index contributed by atoms with van der Waals surface area (Å²) in [7, 11) is 0. The van der Waals surface area contributed by atoms with Crippen LogP contribution in [0.3, 0.4) is 0 Å². The highest BCUT2D eigenvalue weighted by Crippen LogP contribution is 2.29. The molecule has 0 radical (unpaired) electrons. The summed E-state index contributed by atoms with van der Waals surface area (Å²) in [5, 5.41) is 0. The molecule has 24 heavy (non-hydrogen) atoms.